The summed E-state index contributed by atoms with van der Waals surface area (Å²) in [5.41, 5.74) is 7.60. The van der Waals surface area contributed by atoms with Crippen LogP contribution in [0.15, 0.2) is 24.3 Å². The molecular formula is C16H26N2O. The van der Waals surface area contributed by atoms with E-state index in [9.17, 15) is 0 Å². The lowest BCUT2D eigenvalue weighted by atomic mass is 9.88. The number of nitrogens with two attached hydrogens (primary N) is 1. The van der Waals surface area contributed by atoms with E-state index in [1.165, 1.54) is 24.9 Å². The third kappa shape index (κ3) is 3.95. The Balaban J connectivity index is 2.01. The van der Waals surface area contributed by atoms with Crippen LogP contribution in [0.2, 0.25) is 0 Å². The lowest BCUT2D eigenvalue weighted by Crippen LogP contribution is -2.46. The SMILES string of the molecule is CCCCN1CC(N)CC(c2ccc(OC)cc2)C1. The number of hydrogen-bond donors (Lipinski definition) is 1. The molecule has 2 rings (SSSR count). The van der Waals surface area contributed by atoms with Crippen LogP contribution in [0.4, 0.5) is 0 Å². The first-order valence-electron chi connectivity index (χ1n) is 7.34. The number of ether oxygens (including phenoxy) is 1. The van der Waals surface area contributed by atoms with Gasteiger partial charge in [0.15, 0.2) is 0 Å². The van der Waals surface area contributed by atoms with E-state index in [1.807, 2.05) is 12.1 Å². The minimum Gasteiger partial charge on any atom is -0.497 e. The van der Waals surface area contributed by atoms with Crippen LogP contribution in [-0.2, 0) is 0 Å². The molecule has 0 aromatic heterocycles. The van der Waals surface area contributed by atoms with Crippen LogP contribution in [0.5, 0.6) is 5.75 Å². The maximum Gasteiger partial charge on any atom is 0.118 e. The summed E-state index contributed by atoms with van der Waals surface area (Å²) in [7, 11) is 1.71. The van der Waals surface area contributed by atoms with E-state index in [-0.39, 0.29) is 0 Å². The number of piperidine rings is 1. The Labute approximate surface area is 116 Å². The molecule has 1 saturated heterocycles. The van der Waals surface area contributed by atoms with Crippen molar-refractivity contribution in [1.29, 1.82) is 0 Å². The number of hydrogen-bond acceptors (Lipinski definition) is 3. The molecule has 106 valence electrons. The smallest absolute Gasteiger partial charge is 0.118 e. The largest absolute Gasteiger partial charge is 0.497 e. The molecule has 2 atom stereocenters. The molecular weight excluding hydrogens is 236 g/mol. The van der Waals surface area contributed by atoms with Crippen molar-refractivity contribution in [3.63, 3.8) is 0 Å². The topological polar surface area (TPSA) is 38.5 Å². The second kappa shape index (κ2) is 6.92. The molecule has 2 unspecified atom stereocenters. The van der Waals surface area contributed by atoms with Gasteiger partial charge in [0.2, 0.25) is 0 Å². The molecule has 3 heteroatoms. The fourth-order valence-corrected chi connectivity index (χ4v) is 2.91. The second-order valence-corrected chi connectivity index (χ2v) is 5.58. The van der Waals surface area contributed by atoms with Gasteiger partial charge in [0.1, 0.15) is 5.75 Å². The summed E-state index contributed by atoms with van der Waals surface area (Å²) in [4.78, 5) is 2.52. The van der Waals surface area contributed by atoms with E-state index < -0.39 is 0 Å². The van der Waals surface area contributed by atoms with Crippen molar-refractivity contribution >= 4 is 0 Å². The third-order valence-corrected chi connectivity index (χ3v) is 3.97. The number of methoxy groups -OCH3 is 1. The predicted molar refractivity (Wildman–Crippen MR) is 79.7 cm³/mol. The van der Waals surface area contributed by atoms with Gasteiger partial charge >= 0.3 is 0 Å². The molecule has 0 aliphatic carbocycles. The Morgan fingerprint density at radius 2 is 2.00 bits per heavy atom. The summed E-state index contributed by atoms with van der Waals surface area (Å²) in [5.74, 6) is 1.48. The van der Waals surface area contributed by atoms with Crippen molar-refractivity contribution in [3.8, 4) is 5.75 Å². The van der Waals surface area contributed by atoms with Crippen molar-refractivity contribution in [3.05, 3.63) is 29.8 Å². The summed E-state index contributed by atoms with van der Waals surface area (Å²) >= 11 is 0. The van der Waals surface area contributed by atoms with Crippen LogP contribution < -0.4 is 10.5 Å². The van der Waals surface area contributed by atoms with Gasteiger partial charge < -0.3 is 15.4 Å². The van der Waals surface area contributed by atoms with Gasteiger partial charge in [-0.15, -0.1) is 0 Å². The Morgan fingerprint density at radius 1 is 1.26 bits per heavy atom. The summed E-state index contributed by atoms with van der Waals surface area (Å²) in [6.45, 7) is 5.61. The predicted octanol–water partition coefficient (Wildman–Crippen LogP) is 2.61. The molecule has 1 aliphatic heterocycles. The molecule has 1 aromatic rings. The van der Waals surface area contributed by atoms with Gasteiger partial charge in [-0.05, 0) is 43.0 Å². The quantitative estimate of drug-likeness (QED) is 0.886. The summed E-state index contributed by atoms with van der Waals surface area (Å²) in [6, 6.07) is 8.76. The minimum atomic E-state index is 0.303. The first-order valence-corrected chi connectivity index (χ1v) is 7.34. The second-order valence-electron chi connectivity index (χ2n) is 5.58. The van der Waals surface area contributed by atoms with E-state index in [2.05, 4.69) is 24.0 Å². The molecule has 1 heterocycles. The zero-order valence-electron chi connectivity index (χ0n) is 12.1. The molecule has 2 N–H and O–H groups in total. The molecule has 3 nitrogen and oxygen atoms in total. The summed E-state index contributed by atoms with van der Waals surface area (Å²) in [5, 5.41) is 0. The third-order valence-electron chi connectivity index (χ3n) is 3.97. The number of likely N-dealkylation sites (tertiary alicyclic amines) is 1. The van der Waals surface area contributed by atoms with Gasteiger partial charge in [0, 0.05) is 19.1 Å². The van der Waals surface area contributed by atoms with Crippen LogP contribution in [0.1, 0.15) is 37.7 Å². The molecule has 0 bridgehead atoms. The van der Waals surface area contributed by atoms with Crippen molar-refractivity contribution in [2.45, 2.75) is 38.1 Å². The van der Waals surface area contributed by atoms with E-state index in [4.69, 9.17) is 10.5 Å². The first-order chi connectivity index (χ1) is 9.22. The van der Waals surface area contributed by atoms with Crippen LogP contribution in [-0.4, -0.2) is 37.7 Å². The molecule has 0 saturated carbocycles. The van der Waals surface area contributed by atoms with Gasteiger partial charge in [0.05, 0.1) is 7.11 Å². The van der Waals surface area contributed by atoms with E-state index >= 15 is 0 Å². The lowest BCUT2D eigenvalue weighted by Gasteiger charge is -2.36. The lowest BCUT2D eigenvalue weighted by molar-refractivity contribution is 0.186. The fourth-order valence-electron chi connectivity index (χ4n) is 2.91. The zero-order chi connectivity index (χ0) is 13.7. The highest BCUT2D eigenvalue weighted by atomic mass is 16.5. The van der Waals surface area contributed by atoms with Crippen molar-refractivity contribution in [1.82, 2.24) is 4.90 Å². The molecule has 0 spiro atoms. The van der Waals surface area contributed by atoms with Crippen molar-refractivity contribution in [2.75, 3.05) is 26.7 Å². The number of nitrogens with zero attached hydrogens (tertiary/aromatic N) is 1. The molecule has 19 heavy (non-hydrogen) atoms. The standard InChI is InChI=1S/C16H26N2O/c1-3-4-9-18-11-14(10-15(17)12-18)13-5-7-16(19-2)8-6-13/h5-8,14-15H,3-4,9-12,17H2,1-2H3. The maximum atomic E-state index is 6.21. The summed E-state index contributed by atoms with van der Waals surface area (Å²) < 4.78 is 5.22. The van der Waals surface area contributed by atoms with E-state index in [0.717, 1.165) is 25.3 Å². The first kappa shape index (κ1) is 14.4. The normalized spacial score (nSPS) is 24.4. The van der Waals surface area contributed by atoms with Crippen molar-refractivity contribution in [2.24, 2.45) is 5.73 Å². The van der Waals surface area contributed by atoms with Gasteiger partial charge in [-0.25, -0.2) is 0 Å². The van der Waals surface area contributed by atoms with Gasteiger partial charge in [-0.3, -0.25) is 0 Å². The van der Waals surface area contributed by atoms with Crippen molar-refractivity contribution < 1.29 is 4.74 Å². The van der Waals surface area contributed by atoms with E-state index in [1.54, 1.807) is 7.11 Å². The fraction of sp³-hybridized carbons (Fsp3) is 0.625. The molecule has 1 aromatic carbocycles. The van der Waals surface area contributed by atoms with Crippen LogP contribution in [0.3, 0.4) is 0 Å². The molecule has 1 fully saturated rings. The van der Waals surface area contributed by atoms with Gasteiger partial charge in [-0.1, -0.05) is 25.5 Å². The number of benzene rings is 1. The number of unbranched alkanes of at least 4 members (excludes halogenated alkanes) is 1. The van der Waals surface area contributed by atoms with Crippen LogP contribution in [0.25, 0.3) is 0 Å². The zero-order valence-corrected chi connectivity index (χ0v) is 12.1. The molecule has 0 amide bonds. The van der Waals surface area contributed by atoms with Gasteiger partial charge in [-0.2, -0.15) is 0 Å². The highest BCUT2D eigenvalue weighted by molar-refractivity contribution is 5.30. The highest BCUT2D eigenvalue weighted by Gasteiger charge is 2.25. The summed E-state index contributed by atoms with van der Waals surface area (Å²) in [6.07, 6.45) is 3.61. The highest BCUT2D eigenvalue weighted by Crippen LogP contribution is 2.27. The minimum absolute atomic E-state index is 0.303. The molecule has 0 radical (unpaired) electrons. The number of rotatable bonds is 5. The average molecular weight is 262 g/mol. The van der Waals surface area contributed by atoms with E-state index in [0.29, 0.717) is 12.0 Å². The van der Waals surface area contributed by atoms with Crippen LogP contribution in [0, 0.1) is 0 Å². The Bertz CT molecular complexity index is 377. The Morgan fingerprint density at radius 3 is 2.63 bits per heavy atom. The maximum absolute atomic E-state index is 6.21. The monoisotopic (exact) mass is 262 g/mol. The van der Waals surface area contributed by atoms with Crippen LogP contribution >= 0.6 is 0 Å². The molecule has 1 aliphatic rings. The van der Waals surface area contributed by atoms with Gasteiger partial charge in [0.25, 0.3) is 0 Å². The Kier molecular flexibility index (Phi) is 5.23. The average Bonchev–Trinajstić information content (AvgIpc) is 2.44. The Hall–Kier alpha value is -1.06.